The van der Waals surface area contributed by atoms with Crippen molar-refractivity contribution in [2.45, 2.75) is 6.54 Å². The summed E-state index contributed by atoms with van der Waals surface area (Å²) in [4.78, 5) is 2.39. The molecule has 0 aliphatic carbocycles. The van der Waals surface area contributed by atoms with Gasteiger partial charge in [-0.15, -0.1) is 0 Å². The zero-order chi connectivity index (χ0) is 13.1. The minimum absolute atomic E-state index is 0.362. The van der Waals surface area contributed by atoms with Crippen molar-refractivity contribution in [3.63, 3.8) is 0 Å². The van der Waals surface area contributed by atoms with E-state index in [0.29, 0.717) is 16.6 Å². The summed E-state index contributed by atoms with van der Waals surface area (Å²) in [6, 6.07) is 7.40. The van der Waals surface area contributed by atoms with Crippen LogP contribution >= 0.6 is 23.8 Å². The predicted octanol–water partition coefficient (Wildman–Crippen LogP) is 3.20. The molecule has 1 heterocycles. The van der Waals surface area contributed by atoms with Crippen LogP contribution in [0.5, 0.6) is 0 Å². The van der Waals surface area contributed by atoms with E-state index in [1.54, 1.807) is 18.6 Å². The van der Waals surface area contributed by atoms with Gasteiger partial charge in [0.1, 0.15) is 4.99 Å². The molecule has 2 rings (SSSR count). The molecule has 0 atom stereocenters. The first-order valence-electron chi connectivity index (χ1n) is 5.39. The summed E-state index contributed by atoms with van der Waals surface area (Å²) in [7, 11) is 1.96. The molecular formula is C13H13ClN2OS. The summed E-state index contributed by atoms with van der Waals surface area (Å²) in [5, 5.41) is 0.657. The molecule has 1 aromatic heterocycles. The Morgan fingerprint density at radius 2 is 2.22 bits per heavy atom. The van der Waals surface area contributed by atoms with Crippen LogP contribution < -0.4 is 10.6 Å². The maximum Gasteiger partial charge on any atom is 0.106 e. The van der Waals surface area contributed by atoms with Gasteiger partial charge < -0.3 is 15.1 Å². The second-order valence-electron chi connectivity index (χ2n) is 4.01. The van der Waals surface area contributed by atoms with Crippen molar-refractivity contribution in [1.29, 1.82) is 0 Å². The largest absolute Gasteiger partial charge is 0.472 e. The van der Waals surface area contributed by atoms with E-state index < -0.39 is 0 Å². The fourth-order valence-electron chi connectivity index (χ4n) is 1.77. The average Bonchev–Trinajstić information content (AvgIpc) is 2.81. The van der Waals surface area contributed by atoms with Crippen molar-refractivity contribution < 1.29 is 4.42 Å². The van der Waals surface area contributed by atoms with E-state index >= 15 is 0 Å². The Balaban J connectivity index is 2.31. The third-order valence-electron chi connectivity index (χ3n) is 2.64. The van der Waals surface area contributed by atoms with Crippen molar-refractivity contribution in [3.05, 3.63) is 52.9 Å². The number of hydrogen-bond donors (Lipinski definition) is 1. The molecule has 0 radical (unpaired) electrons. The molecule has 2 aromatic rings. The van der Waals surface area contributed by atoms with Crippen LogP contribution in [-0.2, 0) is 6.54 Å². The normalized spacial score (nSPS) is 10.3. The van der Waals surface area contributed by atoms with E-state index in [-0.39, 0.29) is 0 Å². The highest BCUT2D eigenvalue weighted by Gasteiger charge is 2.11. The lowest BCUT2D eigenvalue weighted by Gasteiger charge is -2.21. The maximum atomic E-state index is 6.02. The lowest BCUT2D eigenvalue weighted by atomic mass is 10.1. The molecule has 18 heavy (non-hydrogen) atoms. The molecule has 0 aliphatic heterocycles. The van der Waals surface area contributed by atoms with Crippen LogP contribution in [0.15, 0.2) is 41.2 Å². The zero-order valence-corrected chi connectivity index (χ0v) is 11.5. The first-order valence-corrected chi connectivity index (χ1v) is 6.18. The lowest BCUT2D eigenvalue weighted by Crippen LogP contribution is -2.21. The summed E-state index contributed by atoms with van der Waals surface area (Å²) in [5.41, 5.74) is 8.53. The standard InChI is InChI=1S/C13H13ClN2OS/c1-16(7-9-4-5-17-8-9)12-6-10(14)2-3-11(12)13(15)18/h2-6,8H,7H2,1H3,(H2,15,18). The van der Waals surface area contributed by atoms with Gasteiger partial charge in [-0.05, 0) is 24.3 Å². The minimum atomic E-state index is 0.362. The number of nitrogens with two attached hydrogens (primary N) is 1. The highest BCUT2D eigenvalue weighted by molar-refractivity contribution is 7.80. The van der Waals surface area contributed by atoms with Crippen molar-refractivity contribution in [2.24, 2.45) is 5.73 Å². The summed E-state index contributed by atoms with van der Waals surface area (Å²) < 4.78 is 5.05. The molecule has 0 unspecified atom stereocenters. The Bertz CT molecular complexity index is 554. The van der Waals surface area contributed by atoms with Gasteiger partial charge in [-0.3, -0.25) is 0 Å². The number of furan rings is 1. The van der Waals surface area contributed by atoms with Gasteiger partial charge in [0.25, 0.3) is 0 Å². The van der Waals surface area contributed by atoms with Gasteiger partial charge in [0.15, 0.2) is 0 Å². The van der Waals surface area contributed by atoms with Crippen LogP contribution in [0.4, 0.5) is 5.69 Å². The Kier molecular flexibility index (Phi) is 3.89. The van der Waals surface area contributed by atoms with E-state index in [9.17, 15) is 0 Å². The third-order valence-corrected chi connectivity index (χ3v) is 3.09. The zero-order valence-electron chi connectivity index (χ0n) is 9.89. The number of anilines is 1. The number of halogens is 1. The smallest absolute Gasteiger partial charge is 0.106 e. The first kappa shape index (κ1) is 12.9. The van der Waals surface area contributed by atoms with Gasteiger partial charge in [0, 0.05) is 35.4 Å². The Morgan fingerprint density at radius 3 is 2.83 bits per heavy atom. The molecule has 94 valence electrons. The highest BCUT2D eigenvalue weighted by atomic mass is 35.5. The van der Waals surface area contributed by atoms with Crippen molar-refractivity contribution >= 4 is 34.5 Å². The molecule has 0 saturated heterocycles. The molecule has 0 spiro atoms. The lowest BCUT2D eigenvalue weighted by molar-refractivity contribution is 0.563. The van der Waals surface area contributed by atoms with Gasteiger partial charge in [0.05, 0.1) is 12.5 Å². The first-order chi connectivity index (χ1) is 8.58. The van der Waals surface area contributed by atoms with Crippen LogP contribution in [0.2, 0.25) is 5.02 Å². The van der Waals surface area contributed by atoms with Crippen molar-refractivity contribution in [2.75, 3.05) is 11.9 Å². The van der Waals surface area contributed by atoms with Crippen LogP contribution in [0.3, 0.4) is 0 Å². The van der Waals surface area contributed by atoms with Crippen LogP contribution in [0.1, 0.15) is 11.1 Å². The molecular weight excluding hydrogens is 268 g/mol. The van der Waals surface area contributed by atoms with E-state index in [2.05, 4.69) is 0 Å². The maximum absolute atomic E-state index is 6.02. The topological polar surface area (TPSA) is 42.4 Å². The summed E-state index contributed by atoms with van der Waals surface area (Å²) >= 11 is 11.1. The average molecular weight is 281 g/mol. The molecule has 0 bridgehead atoms. The van der Waals surface area contributed by atoms with Gasteiger partial charge in [-0.25, -0.2) is 0 Å². The monoisotopic (exact) mass is 280 g/mol. The minimum Gasteiger partial charge on any atom is -0.472 e. The van der Waals surface area contributed by atoms with Crippen molar-refractivity contribution in [3.8, 4) is 0 Å². The molecule has 5 heteroatoms. The number of hydrogen-bond acceptors (Lipinski definition) is 3. The Morgan fingerprint density at radius 1 is 1.44 bits per heavy atom. The fourth-order valence-corrected chi connectivity index (χ4v) is 2.11. The fraction of sp³-hybridized carbons (Fsp3) is 0.154. The number of nitrogens with zero attached hydrogens (tertiary/aromatic N) is 1. The summed E-state index contributed by atoms with van der Waals surface area (Å²) in [6.07, 6.45) is 3.36. The molecule has 0 amide bonds. The Hall–Kier alpha value is -1.52. The molecule has 0 aliphatic rings. The second kappa shape index (κ2) is 5.42. The van der Waals surface area contributed by atoms with Gasteiger partial charge >= 0.3 is 0 Å². The SMILES string of the molecule is CN(Cc1ccoc1)c1cc(Cl)ccc1C(N)=S. The molecule has 0 saturated carbocycles. The second-order valence-corrected chi connectivity index (χ2v) is 4.89. The predicted molar refractivity (Wildman–Crippen MR) is 78.2 cm³/mol. The van der Waals surface area contributed by atoms with Crippen LogP contribution in [0.25, 0.3) is 0 Å². The van der Waals surface area contributed by atoms with Gasteiger partial charge in [0.2, 0.25) is 0 Å². The molecule has 1 aromatic carbocycles. The number of rotatable bonds is 4. The van der Waals surface area contributed by atoms with E-state index in [0.717, 1.165) is 16.8 Å². The van der Waals surface area contributed by atoms with E-state index in [1.807, 2.05) is 30.1 Å². The molecule has 2 N–H and O–H groups in total. The van der Waals surface area contributed by atoms with Crippen molar-refractivity contribution in [1.82, 2.24) is 0 Å². The highest BCUT2D eigenvalue weighted by Crippen LogP contribution is 2.25. The van der Waals surface area contributed by atoms with Gasteiger partial charge in [-0.1, -0.05) is 23.8 Å². The number of benzene rings is 1. The summed E-state index contributed by atoms with van der Waals surface area (Å²) in [6.45, 7) is 0.701. The molecule has 3 nitrogen and oxygen atoms in total. The van der Waals surface area contributed by atoms with E-state index in [1.165, 1.54) is 0 Å². The van der Waals surface area contributed by atoms with E-state index in [4.69, 9.17) is 34.0 Å². The third kappa shape index (κ3) is 2.83. The Labute approximate surface area is 116 Å². The van der Waals surface area contributed by atoms with Gasteiger partial charge in [-0.2, -0.15) is 0 Å². The quantitative estimate of drug-likeness (QED) is 0.874. The number of thiocarbonyl (C=S) groups is 1. The van der Waals surface area contributed by atoms with Crippen LogP contribution in [-0.4, -0.2) is 12.0 Å². The molecule has 0 fully saturated rings. The van der Waals surface area contributed by atoms with Crippen LogP contribution in [0, 0.1) is 0 Å². The summed E-state index contributed by atoms with van der Waals surface area (Å²) in [5.74, 6) is 0.